The SMILES string of the molecule is C=C(C)c1ccc(OCc2cccc3ccccc23)c(OCC(=O)O)c1. The van der Waals surface area contributed by atoms with Gasteiger partial charge in [0.2, 0.25) is 0 Å². The van der Waals surface area contributed by atoms with Crippen molar-refractivity contribution in [2.45, 2.75) is 13.5 Å². The first kappa shape index (κ1) is 17.5. The second-order valence-corrected chi connectivity index (χ2v) is 6.05. The van der Waals surface area contributed by atoms with Gasteiger partial charge in [-0.1, -0.05) is 60.7 Å². The second kappa shape index (κ2) is 7.74. The quantitative estimate of drug-likeness (QED) is 0.659. The Hall–Kier alpha value is -3.27. The van der Waals surface area contributed by atoms with E-state index in [1.165, 1.54) is 0 Å². The summed E-state index contributed by atoms with van der Waals surface area (Å²) >= 11 is 0. The molecule has 4 heteroatoms. The molecule has 3 rings (SSSR count). The molecule has 0 aliphatic heterocycles. The van der Waals surface area contributed by atoms with Gasteiger partial charge in [0, 0.05) is 0 Å². The van der Waals surface area contributed by atoms with Gasteiger partial charge in [0.1, 0.15) is 6.61 Å². The van der Waals surface area contributed by atoms with Gasteiger partial charge in [-0.15, -0.1) is 0 Å². The largest absolute Gasteiger partial charge is 0.485 e. The highest BCUT2D eigenvalue weighted by atomic mass is 16.5. The molecule has 0 bridgehead atoms. The highest BCUT2D eigenvalue weighted by molar-refractivity contribution is 5.85. The topological polar surface area (TPSA) is 55.8 Å². The van der Waals surface area contributed by atoms with E-state index in [1.54, 1.807) is 12.1 Å². The molecule has 4 nitrogen and oxygen atoms in total. The summed E-state index contributed by atoms with van der Waals surface area (Å²) in [6.07, 6.45) is 0. The first-order chi connectivity index (χ1) is 12.5. The molecule has 0 saturated carbocycles. The van der Waals surface area contributed by atoms with E-state index in [0.717, 1.165) is 27.5 Å². The van der Waals surface area contributed by atoms with Gasteiger partial charge in [0.05, 0.1) is 0 Å². The van der Waals surface area contributed by atoms with Crippen LogP contribution in [0, 0.1) is 0 Å². The van der Waals surface area contributed by atoms with Crippen LogP contribution in [0.5, 0.6) is 11.5 Å². The number of fused-ring (bicyclic) bond motifs is 1. The molecule has 0 aliphatic rings. The van der Waals surface area contributed by atoms with Gasteiger partial charge in [-0.05, 0) is 41.0 Å². The van der Waals surface area contributed by atoms with Crippen LogP contribution in [-0.2, 0) is 11.4 Å². The van der Waals surface area contributed by atoms with Crippen LogP contribution in [0.3, 0.4) is 0 Å². The Bertz CT molecular complexity index is 954. The molecular formula is C22H20O4. The third-order valence-electron chi connectivity index (χ3n) is 4.05. The molecule has 0 radical (unpaired) electrons. The van der Waals surface area contributed by atoms with Crippen LogP contribution >= 0.6 is 0 Å². The van der Waals surface area contributed by atoms with Gasteiger partial charge in [0.25, 0.3) is 0 Å². The fourth-order valence-electron chi connectivity index (χ4n) is 2.72. The molecule has 0 amide bonds. The van der Waals surface area contributed by atoms with Gasteiger partial charge in [-0.3, -0.25) is 0 Å². The van der Waals surface area contributed by atoms with Crippen molar-refractivity contribution in [3.8, 4) is 11.5 Å². The predicted molar refractivity (Wildman–Crippen MR) is 103 cm³/mol. The number of carboxylic acid groups (broad SMARTS) is 1. The van der Waals surface area contributed by atoms with Gasteiger partial charge >= 0.3 is 5.97 Å². The Morgan fingerprint density at radius 2 is 1.77 bits per heavy atom. The monoisotopic (exact) mass is 348 g/mol. The number of hydrogen-bond acceptors (Lipinski definition) is 3. The average molecular weight is 348 g/mol. The number of carbonyl (C=O) groups is 1. The van der Waals surface area contributed by atoms with E-state index < -0.39 is 12.6 Å². The van der Waals surface area contributed by atoms with Crippen molar-refractivity contribution in [3.05, 3.63) is 78.4 Å². The summed E-state index contributed by atoms with van der Waals surface area (Å²) < 4.78 is 11.4. The smallest absolute Gasteiger partial charge is 0.341 e. The third-order valence-corrected chi connectivity index (χ3v) is 4.05. The van der Waals surface area contributed by atoms with Crippen molar-refractivity contribution < 1.29 is 19.4 Å². The summed E-state index contributed by atoms with van der Waals surface area (Å²) in [6.45, 7) is 5.72. The molecule has 0 aromatic heterocycles. The molecule has 132 valence electrons. The summed E-state index contributed by atoms with van der Waals surface area (Å²) in [6, 6.07) is 19.6. The van der Waals surface area contributed by atoms with Crippen LogP contribution in [0.25, 0.3) is 16.3 Å². The zero-order valence-electron chi connectivity index (χ0n) is 14.6. The summed E-state index contributed by atoms with van der Waals surface area (Å²) in [5, 5.41) is 11.2. The van der Waals surface area contributed by atoms with E-state index in [-0.39, 0.29) is 0 Å². The van der Waals surface area contributed by atoms with E-state index in [0.29, 0.717) is 18.1 Å². The number of allylic oxidation sites excluding steroid dienone is 1. The number of aliphatic carboxylic acids is 1. The Kier molecular flexibility index (Phi) is 5.23. The van der Waals surface area contributed by atoms with Gasteiger partial charge in [-0.2, -0.15) is 0 Å². The Balaban J connectivity index is 1.86. The lowest BCUT2D eigenvalue weighted by Gasteiger charge is -2.14. The van der Waals surface area contributed by atoms with Gasteiger partial charge in [0.15, 0.2) is 18.1 Å². The van der Waals surface area contributed by atoms with Crippen molar-refractivity contribution in [2.75, 3.05) is 6.61 Å². The minimum absolute atomic E-state index is 0.358. The fraction of sp³-hybridized carbons (Fsp3) is 0.136. The maximum atomic E-state index is 10.8. The molecule has 1 N–H and O–H groups in total. The first-order valence-electron chi connectivity index (χ1n) is 8.28. The van der Waals surface area contributed by atoms with Crippen molar-refractivity contribution in [1.29, 1.82) is 0 Å². The number of ether oxygens (including phenoxy) is 2. The summed E-state index contributed by atoms with van der Waals surface area (Å²) in [4.78, 5) is 10.8. The minimum Gasteiger partial charge on any atom is -0.485 e. The molecule has 0 atom stereocenters. The zero-order chi connectivity index (χ0) is 18.5. The highest BCUT2D eigenvalue weighted by Gasteiger charge is 2.10. The van der Waals surface area contributed by atoms with Crippen LogP contribution in [-0.4, -0.2) is 17.7 Å². The molecule has 0 saturated heterocycles. The molecule has 0 fully saturated rings. The second-order valence-electron chi connectivity index (χ2n) is 6.05. The Labute approximate surface area is 152 Å². The zero-order valence-corrected chi connectivity index (χ0v) is 14.6. The first-order valence-corrected chi connectivity index (χ1v) is 8.28. The molecular weight excluding hydrogens is 328 g/mol. The lowest BCUT2D eigenvalue weighted by Crippen LogP contribution is -2.10. The van der Waals surface area contributed by atoms with Gasteiger partial charge in [-0.25, -0.2) is 4.79 Å². The molecule has 0 unspecified atom stereocenters. The van der Waals surface area contributed by atoms with Crippen LogP contribution in [0.15, 0.2) is 67.2 Å². The maximum absolute atomic E-state index is 10.8. The molecule has 0 heterocycles. The summed E-state index contributed by atoms with van der Waals surface area (Å²) in [5.41, 5.74) is 2.80. The summed E-state index contributed by atoms with van der Waals surface area (Å²) in [5.74, 6) is -0.136. The molecule has 26 heavy (non-hydrogen) atoms. The molecule has 3 aromatic rings. The van der Waals surface area contributed by atoms with E-state index in [1.807, 2.05) is 37.3 Å². The normalized spacial score (nSPS) is 10.5. The van der Waals surface area contributed by atoms with Crippen LogP contribution < -0.4 is 9.47 Å². The van der Waals surface area contributed by atoms with E-state index in [9.17, 15) is 4.79 Å². The van der Waals surface area contributed by atoms with Crippen LogP contribution in [0.1, 0.15) is 18.1 Å². The lowest BCUT2D eigenvalue weighted by molar-refractivity contribution is -0.139. The lowest BCUT2D eigenvalue weighted by atomic mass is 10.1. The Morgan fingerprint density at radius 3 is 2.54 bits per heavy atom. The average Bonchev–Trinajstić information content (AvgIpc) is 2.64. The number of carboxylic acids is 1. The molecule has 0 aliphatic carbocycles. The molecule has 0 spiro atoms. The number of rotatable bonds is 7. The Morgan fingerprint density at radius 1 is 1.00 bits per heavy atom. The van der Waals surface area contributed by atoms with E-state index in [4.69, 9.17) is 14.6 Å². The van der Waals surface area contributed by atoms with Crippen molar-refractivity contribution in [1.82, 2.24) is 0 Å². The van der Waals surface area contributed by atoms with E-state index >= 15 is 0 Å². The summed E-state index contributed by atoms with van der Waals surface area (Å²) in [7, 11) is 0. The minimum atomic E-state index is -1.04. The van der Waals surface area contributed by atoms with Gasteiger partial charge < -0.3 is 14.6 Å². The predicted octanol–water partition coefficient (Wildman–Crippen LogP) is 4.92. The fourth-order valence-corrected chi connectivity index (χ4v) is 2.72. The van der Waals surface area contributed by atoms with Crippen molar-refractivity contribution >= 4 is 22.3 Å². The standard InChI is InChI=1S/C22H20O4/c1-15(2)17-10-11-20(21(12-17)26-14-22(23)24)25-13-18-8-5-7-16-6-3-4-9-19(16)18/h3-12H,1,13-14H2,2H3,(H,23,24). The molecule has 3 aromatic carbocycles. The third kappa shape index (κ3) is 4.03. The van der Waals surface area contributed by atoms with E-state index in [2.05, 4.69) is 24.8 Å². The van der Waals surface area contributed by atoms with Crippen LogP contribution in [0.2, 0.25) is 0 Å². The number of hydrogen-bond donors (Lipinski definition) is 1. The highest BCUT2D eigenvalue weighted by Crippen LogP contribution is 2.32. The van der Waals surface area contributed by atoms with Crippen molar-refractivity contribution in [2.24, 2.45) is 0 Å². The maximum Gasteiger partial charge on any atom is 0.341 e. The number of benzene rings is 3. The van der Waals surface area contributed by atoms with Crippen molar-refractivity contribution in [3.63, 3.8) is 0 Å². The van der Waals surface area contributed by atoms with Crippen LogP contribution in [0.4, 0.5) is 0 Å².